The molecule has 104 valence electrons. The van der Waals surface area contributed by atoms with Crippen molar-refractivity contribution in [2.75, 3.05) is 6.54 Å². The van der Waals surface area contributed by atoms with Gasteiger partial charge in [-0.15, -0.1) is 0 Å². The quantitative estimate of drug-likeness (QED) is 0.908. The number of aryl methyl sites for hydroxylation is 2. The van der Waals surface area contributed by atoms with Crippen LogP contribution in [0.2, 0.25) is 0 Å². The van der Waals surface area contributed by atoms with Crippen LogP contribution in [0, 0.1) is 12.7 Å². The Labute approximate surface area is 118 Å². The molecule has 3 rings (SSSR count). The van der Waals surface area contributed by atoms with E-state index in [0.717, 1.165) is 40.8 Å². The van der Waals surface area contributed by atoms with Crippen LogP contribution in [0.15, 0.2) is 36.4 Å². The summed E-state index contributed by atoms with van der Waals surface area (Å²) >= 11 is 0. The van der Waals surface area contributed by atoms with Crippen molar-refractivity contribution < 1.29 is 9.13 Å². The number of hydrogen-bond donors (Lipinski definition) is 1. The second-order valence-electron chi connectivity index (χ2n) is 5.27. The zero-order valence-electron chi connectivity index (χ0n) is 11.5. The molecule has 0 amide bonds. The van der Waals surface area contributed by atoms with Gasteiger partial charge in [0.1, 0.15) is 17.7 Å². The first kappa shape index (κ1) is 13.1. The molecule has 1 heterocycles. The maximum atomic E-state index is 13.9. The Kier molecular flexibility index (Phi) is 3.45. The Bertz CT molecular complexity index is 639. The van der Waals surface area contributed by atoms with E-state index in [2.05, 4.69) is 0 Å². The van der Waals surface area contributed by atoms with E-state index in [4.69, 9.17) is 10.5 Å². The molecule has 1 aliphatic heterocycles. The molecule has 1 atom stereocenters. The van der Waals surface area contributed by atoms with E-state index in [1.165, 1.54) is 0 Å². The van der Waals surface area contributed by atoms with Crippen LogP contribution in [0.4, 0.5) is 4.39 Å². The highest BCUT2D eigenvalue weighted by Crippen LogP contribution is 2.39. The van der Waals surface area contributed by atoms with Crippen LogP contribution in [0.3, 0.4) is 0 Å². The standard InChI is InChI=1S/C17H18FNO/c1-11-4-2-3-5-15(11)16-9-13(18)8-12-6-7-14(10-19)20-17(12)16/h2-5,8-9,14H,6-7,10,19H2,1H3/t14-/m1/s1. The number of fused-ring (bicyclic) bond motifs is 1. The number of nitrogens with two attached hydrogens (primary N) is 1. The minimum Gasteiger partial charge on any atom is -0.488 e. The summed E-state index contributed by atoms with van der Waals surface area (Å²) in [7, 11) is 0. The van der Waals surface area contributed by atoms with Gasteiger partial charge in [0, 0.05) is 12.1 Å². The number of hydrogen-bond acceptors (Lipinski definition) is 2. The van der Waals surface area contributed by atoms with Gasteiger partial charge >= 0.3 is 0 Å². The number of benzene rings is 2. The van der Waals surface area contributed by atoms with Crippen molar-refractivity contribution in [2.24, 2.45) is 5.73 Å². The molecule has 2 aromatic rings. The summed E-state index contributed by atoms with van der Waals surface area (Å²) in [6.45, 7) is 2.51. The summed E-state index contributed by atoms with van der Waals surface area (Å²) in [5.74, 6) is 0.583. The smallest absolute Gasteiger partial charge is 0.131 e. The molecule has 2 N–H and O–H groups in total. The SMILES string of the molecule is Cc1ccccc1-c1cc(F)cc2c1O[C@@H](CN)CC2. The maximum absolute atomic E-state index is 13.9. The molecule has 1 aliphatic rings. The van der Waals surface area contributed by atoms with Gasteiger partial charge in [0.05, 0.1) is 0 Å². The highest BCUT2D eigenvalue weighted by atomic mass is 19.1. The average molecular weight is 271 g/mol. The van der Waals surface area contributed by atoms with Crippen molar-refractivity contribution >= 4 is 0 Å². The van der Waals surface area contributed by atoms with E-state index in [1.807, 2.05) is 31.2 Å². The summed E-state index contributed by atoms with van der Waals surface area (Å²) < 4.78 is 19.9. The first-order valence-corrected chi connectivity index (χ1v) is 6.94. The number of halogens is 1. The van der Waals surface area contributed by atoms with E-state index in [1.54, 1.807) is 12.1 Å². The summed E-state index contributed by atoms with van der Waals surface area (Å²) in [4.78, 5) is 0. The summed E-state index contributed by atoms with van der Waals surface area (Å²) in [5.41, 5.74) is 9.60. The monoisotopic (exact) mass is 271 g/mol. The van der Waals surface area contributed by atoms with Crippen LogP contribution in [0.25, 0.3) is 11.1 Å². The highest BCUT2D eigenvalue weighted by molar-refractivity contribution is 5.75. The molecule has 0 aliphatic carbocycles. The van der Waals surface area contributed by atoms with Gasteiger partial charge in [-0.1, -0.05) is 24.3 Å². The summed E-state index contributed by atoms with van der Waals surface area (Å²) in [6, 6.07) is 11.1. The Morgan fingerprint density at radius 2 is 2.05 bits per heavy atom. The Balaban J connectivity index is 2.16. The van der Waals surface area contributed by atoms with Crippen LogP contribution in [-0.4, -0.2) is 12.6 Å². The minimum atomic E-state index is -0.211. The van der Waals surface area contributed by atoms with Crippen molar-refractivity contribution in [1.82, 2.24) is 0 Å². The lowest BCUT2D eigenvalue weighted by molar-refractivity contribution is 0.182. The van der Waals surface area contributed by atoms with E-state index in [9.17, 15) is 4.39 Å². The third-order valence-electron chi connectivity index (χ3n) is 3.85. The molecule has 3 heteroatoms. The Hall–Kier alpha value is -1.87. The van der Waals surface area contributed by atoms with Crippen LogP contribution in [0.1, 0.15) is 17.5 Å². The molecule has 0 aromatic heterocycles. The fourth-order valence-corrected chi connectivity index (χ4v) is 2.76. The lowest BCUT2D eigenvalue weighted by atomic mass is 9.93. The molecule has 0 fully saturated rings. The summed E-state index contributed by atoms with van der Waals surface area (Å²) in [5, 5.41) is 0. The molecule has 0 radical (unpaired) electrons. The largest absolute Gasteiger partial charge is 0.488 e. The average Bonchev–Trinajstić information content (AvgIpc) is 2.46. The molecule has 2 aromatic carbocycles. The minimum absolute atomic E-state index is 0.0238. The van der Waals surface area contributed by atoms with Gasteiger partial charge in [-0.05, 0) is 48.6 Å². The lowest BCUT2D eigenvalue weighted by Crippen LogP contribution is -2.30. The molecule has 0 bridgehead atoms. The van der Waals surface area contributed by atoms with E-state index in [-0.39, 0.29) is 11.9 Å². The van der Waals surface area contributed by atoms with Crippen molar-refractivity contribution in [3.05, 3.63) is 53.3 Å². The fourth-order valence-electron chi connectivity index (χ4n) is 2.76. The zero-order valence-corrected chi connectivity index (χ0v) is 11.5. The van der Waals surface area contributed by atoms with Crippen molar-refractivity contribution in [3.8, 4) is 16.9 Å². The molecular formula is C17H18FNO. The van der Waals surface area contributed by atoms with Gasteiger partial charge in [0.2, 0.25) is 0 Å². The normalized spacial score (nSPS) is 17.4. The zero-order chi connectivity index (χ0) is 14.1. The first-order valence-electron chi connectivity index (χ1n) is 6.94. The van der Waals surface area contributed by atoms with Crippen molar-refractivity contribution in [3.63, 3.8) is 0 Å². The van der Waals surface area contributed by atoms with E-state index >= 15 is 0 Å². The van der Waals surface area contributed by atoms with Crippen LogP contribution in [-0.2, 0) is 6.42 Å². The molecule has 0 saturated carbocycles. The molecular weight excluding hydrogens is 253 g/mol. The second-order valence-corrected chi connectivity index (χ2v) is 5.27. The van der Waals surface area contributed by atoms with E-state index < -0.39 is 0 Å². The number of rotatable bonds is 2. The fraction of sp³-hybridized carbons (Fsp3) is 0.294. The first-order chi connectivity index (χ1) is 9.69. The van der Waals surface area contributed by atoms with Crippen LogP contribution >= 0.6 is 0 Å². The maximum Gasteiger partial charge on any atom is 0.131 e. The second kappa shape index (κ2) is 5.25. The predicted octanol–water partition coefficient (Wildman–Crippen LogP) is 3.45. The lowest BCUT2D eigenvalue weighted by Gasteiger charge is -2.27. The molecule has 2 nitrogen and oxygen atoms in total. The molecule has 0 saturated heterocycles. The van der Waals surface area contributed by atoms with Crippen molar-refractivity contribution in [2.45, 2.75) is 25.9 Å². The third-order valence-corrected chi connectivity index (χ3v) is 3.85. The van der Waals surface area contributed by atoms with E-state index in [0.29, 0.717) is 6.54 Å². The van der Waals surface area contributed by atoms with Gasteiger partial charge in [-0.25, -0.2) is 4.39 Å². The van der Waals surface area contributed by atoms with Crippen LogP contribution in [0.5, 0.6) is 5.75 Å². The molecule has 20 heavy (non-hydrogen) atoms. The predicted molar refractivity (Wildman–Crippen MR) is 78.4 cm³/mol. The van der Waals surface area contributed by atoms with Gasteiger partial charge in [0.25, 0.3) is 0 Å². The molecule has 0 unspecified atom stereocenters. The van der Waals surface area contributed by atoms with Gasteiger partial charge in [-0.2, -0.15) is 0 Å². The van der Waals surface area contributed by atoms with Gasteiger partial charge < -0.3 is 10.5 Å². The topological polar surface area (TPSA) is 35.2 Å². The highest BCUT2D eigenvalue weighted by Gasteiger charge is 2.23. The molecule has 0 spiro atoms. The van der Waals surface area contributed by atoms with Gasteiger partial charge in [-0.3, -0.25) is 0 Å². The number of ether oxygens (including phenoxy) is 1. The van der Waals surface area contributed by atoms with Gasteiger partial charge in [0.15, 0.2) is 0 Å². The Morgan fingerprint density at radius 3 is 2.80 bits per heavy atom. The summed E-state index contributed by atoms with van der Waals surface area (Å²) in [6.07, 6.45) is 1.68. The third kappa shape index (κ3) is 2.29. The van der Waals surface area contributed by atoms with Crippen LogP contribution < -0.4 is 10.5 Å². The Morgan fingerprint density at radius 1 is 1.25 bits per heavy atom. The van der Waals surface area contributed by atoms with Crippen molar-refractivity contribution in [1.29, 1.82) is 0 Å².